The fourth-order valence-corrected chi connectivity index (χ4v) is 3.49. The number of rotatable bonds is 1. The van der Waals surface area contributed by atoms with E-state index in [2.05, 4.69) is 4.98 Å². The van der Waals surface area contributed by atoms with Crippen LogP contribution in [0, 0.1) is 18.3 Å². The number of piperidine rings is 1. The fraction of sp³-hybridized carbons (Fsp3) is 0.500. The number of aliphatic hydroxyl groups excluding tert-OH is 1. The van der Waals surface area contributed by atoms with Gasteiger partial charge in [-0.1, -0.05) is 11.6 Å². The van der Waals surface area contributed by atoms with Gasteiger partial charge in [0, 0.05) is 25.8 Å². The standard InChI is InChI=1S/C16H16ClF3N4O/c1-8-11(17)12-14(23(8)2)13(24-5-3-9(25)4-6-24)10(7-21)15(22-12)16(18,19)20/h9,25H,3-6H2,1-2H3. The van der Waals surface area contributed by atoms with E-state index < -0.39 is 23.5 Å². The number of aromatic nitrogens is 2. The van der Waals surface area contributed by atoms with Gasteiger partial charge >= 0.3 is 6.18 Å². The van der Waals surface area contributed by atoms with Crippen LogP contribution < -0.4 is 4.90 Å². The van der Waals surface area contributed by atoms with E-state index in [0.717, 1.165) is 0 Å². The Hall–Kier alpha value is -1.98. The monoisotopic (exact) mass is 372 g/mol. The molecule has 0 aliphatic carbocycles. The SMILES string of the molecule is Cc1c(Cl)c2nc(C(F)(F)F)c(C#N)c(N3CCC(O)CC3)c2n1C. The molecule has 5 nitrogen and oxygen atoms in total. The van der Waals surface area contributed by atoms with Crippen LogP contribution in [0.25, 0.3) is 11.0 Å². The Balaban J connectivity index is 2.39. The highest BCUT2D eigenvalue weighted by Gasteiger charge is 2.40. The van der Waals surface area contributed by atoms with E-state index in [4.69, 9.17) is 11.6 Å². The van der Waals surface area contributed by atoms with Gasteiger partial charge in [-0.15, -0.1) is 0 Å². The summed E-state index contributed by atoms with van der Waals surface area (Å²) in [6.45, 7) is 2.40. The van der Waals surface area contributed by atoms with Crippen molar-refractivity contribution < 1.29 is 18.3 Å². The van der Waals surface area contributed by atoms with E-state index in [1.807, 2.05) is 0 Å². The van der Waals surface area contributed by atoms with Gasteiger partial charge < -0.3 is 14.6 Å². The van der Waals surface area contributed by atoms with E-state index in [1.165, 1.54) is 0 Å². The van der Waals surface area contributed by atoms with Gasteiger partial charge in [0.25, 0.3) is 0 Å². The third-order valence-corrected chi connectivity index (χ3v) is 5.12. The summed E-state index contributed by atoms with van der Waals surface area (Å²) in [5, 5.41) is 19.3. The average molecular weight is 373 g/mol. The molecule has 1 aliphatic heterocycles. The number of nitrogens with zero attached hydrogens (tertiary/aromatic N) is 4. The summed E-state index contributed by atoms with van der Waals surface area (Å²) in [5.41, 5.74) is -0.530. The molecule has 0 saturated carbocycles. The maximum Gasteiger partial charge on any atom is 0.434 e. The van der Waals surface area contributed by atoms with Crippen molar-refractivity contribution in [2.45, 2.75) is 32.0 Å². The smallest absolute Gasteiger partial charge is 0.393 e. The van der Waals surface area contributed by atoms with Crippen LogP contribution in [0.4, 0.5) is 18.9 Å². The van der Waals surface area contributed by atoms with Crippen LogP contribution in [0.1, 0.15) is 29.8 Å². The molecule has 0 spiro atoms. The molecule has 2 aromatic heterocycles. The van der Waals surface area contributed by atoms with Crippen LogP contribution in [0.15, 0.2) is 0 Å². The molecule has 1 N–H and O–H groups in total. The number of fused-ring (bicyclic) bond motifs is 1. The summed E-state index contributed by atoms with van der Waals surface area (Å²) in [6, 6.07) is 1.68. The first kappa shape index (κ1) is 17.8. The van der Waals surface area contributed by atoms with Gasteiger partial charge in [-0.25, -0.2) is 4.98 Å². The Kier molecular flexibility index (Phi) is 4.33. The van der Waals surface area contributed by atoms with Gasteiger partial charge in [-0.2, -0.15) is 18.4 Å². The number of alkyl halides is 3. The molecule has 1 saturated heterocycles. The van der Waals surface area contributed by atoms with Crippen LogP contribution >= 0.6 is 11.6 Å². The van der Waals surface area contributed by atoms with E-state index in [9.17, 15) is 23.5 Å². The molecule has 25 heavy (non-hydrogen) atoms. The zero-order valence-electron chi connectivity index (χ0n) is 13.7. The molecule has 0 aromatic carbocycles. The normalized spacial score (nSPS) is 16.5. The van der Waals surface area contributed by atoms with Gasteiger partial charge in [0.15, 0.2) is 5.69 Å². The molecular formula is C16H16ClF3N4O. The molecule has 1 fully saturated rings. The van der Waals surface area contributed by atoms with Crippen molar-refractivity contribution in [2.75, 3.05) is 18.0 Å². The molecule has 0 atom stereocenters. The molecule has 2 aromatic rings. The zero-order chi connectivity index (χ0) is 18.5. The molecule has 3 rings (SSSR count). The minimum absolute atomic E-state index is 0.0362. The summed E-state index contributed by atoms with van der Waals surface area (Å²) < 4.78 is 42.1. The Morgan fingerprint density at radius 2 is 1.92 bits per heavy atom. The molecule has 9 heteroatoms. The van der Waals surface area contributed by atoms with Gasteiger partial charge in [0.2, 0.25) is 0 Å². The molecule has 134 valence electrons. The molecule has 3 heterocycles. The average Bonchev–Trinajstić information content (AvgIpc) is 2.78. The third-order valence-electron chi connectivity index (χ3n) is 4.67. The lowest BCUT2D eigenvalue weighted by Gasteiger charge is -2.33. The summed E-state index contributed by atoms with van der Waals surface area (Å²) in [6.07, 6.45) is -4.41. The Morgan fingerprint density at radius 3 is 2.44 bits per heavy atom. The van der Waals surface area contributed by atoms with Crippen molar-refractivity contribution in [2.24, 2.45) is 7.05 Å². The number of aliphatic hydroxyl groups is 1. The number of nitriles is 1. The predicted octanol–water partition coefficient (Wildman–Crippen LogP) is 3.39. The Labute approximate surface area is 147 Å². The molecular weight excluding hydrogens is 357 g/mol. The van der Waals surface area contributed by atoms with Gasteiger partial charge in [0.1, 0.15) is 17.1 Å². The summed E-state index contributed by atoms with van der Waals surface area (Å²) in [5.74, 6) is 0. The lowest BCUT2D eigenvalue weighted by Crippen LogP contribution is -2.37. The van der Waals surface area contributed by atoms with Crippen LogP contribution in [0.3, 0.4) is 0 Å². The van der Waals surface area contributed by atoms with Crippen molar-refractivity contribution in [3.05, 3.63) is 22.0 Å². The second-order valence-electron chi connectivity index (χ2n) is 6.17. The van der Waals surface area contributed by atoms with E-state index in [-0.39, 0.29) is 16.2 Å². The fourth-order valence-electron chi connectivity index (χ4n) is 3.23. The summed E-state index contributed by atoms with van der Waals surface area (Å²) >= 11 is 6.21. The number of pyridine rings is 1. The Morgan fingerprint density at radius 1 is 1.32 bits per heavy atom. The summed E-state index contributed by atoms with van der Waals surface area (Å²) in [4.78, 5) is 5.40. The lowest BCUT2D eigenvalue weighted by molar-refractivity contribution is -0.141. The summed E-state index contributed by atoms with van der Waals surface area (Å²) in [7, 11) is 1.68. The number of halogens is 4. The molecule has 0 amide bonds. The Bertz CT molecular complexity index is 877. The maximum atomic E-state index is 13.5. The maximum absolute atomic E-state index is 13.5. The van der Waals surface area contributed by atoms with Crippen molar-refractivity contribution in [1.82, 2.24) is 9.55 Å². The minimum atomic E-state index is -4.77. The van der Waals surface area contributed by atoms with Gasteiger partial charge in [0.05, 0.1) is 22.3 Å². The quantitative estimate of drug-likeness (QED) is 0.833. The first-order valence-electron chi connectivity index (χ1n) is 7.75. The van der Waals surface area contributed by atoms with Crippen LogP contribution in [0.2, 0.25) is 5.02 Å². The lowest BCUT2D eigenvalue weighted by atomic mass is 10.0. The topological polar surface area (TPSA) is 65.1 Å². The number of hydrogen-bond acceptors (Lipinski definition) is 4. The second-order valence-corrected chi connectivity index (χ2v) is 6.55. The van der Waals surface area contributed by atoms with Crippen LogP contribution in [-0.4, -0.2) is 33.9 Å². The van der Waals surface area contributed by atoms with Crippen molar-refractivity contribution in [1.29, 1.82) is 5.26 Å². The molecule has 1 aliphatic rings. The highest BCUT2D eigenvalue weighted by Crippen LogP contribution is 2.42. The molecule has 0 bridgehead atoms. The largest absolute Gasteiger partial charge is 0.434 e. The number of aryl methyl sites for hydroxylation is 1. The van der Waals surface area contributed by atoms with E-state index in [1.54, 1.807) is 29.5 Å². The van der Waals surface area contributed by atoms with Crippen LogP contribution in [-0.2, 0) is 13.2 Å². The highest BCUT2D eigenvalue weighted by atomic mass is 35.5. The molecule has 0 radical (unpaired) electrons. The second kappa shape index (κ2) is 6.07. The van der Waals surface area contributed by atoms with Crippen molar-refractivity contribution >= 4 is 28.3 Å². The molecule has 0 unspecified atom stereocenters. The number of hydrogen-bond donors (Lipinski definition) is 1. The van der Waals surface area contributed by atoms with Crippen molar-refractivity contribution in [3.8, 4) is 6.07 Å². The predicted molar refractivity (Wildman–Crippen MR) is 87.6 cm³/mol. The first-order valence-corrected chi connectivity index (χ1v) is 8.13. The van der Waals surface area contributed by atoms with Crippen LogP contribution in [0.5, 0.6) is 0 Å². The zero-order valence-corrected chi connectivity index (χ0v) is 14.4. The van der Waals surface area contributed by atoms with Crippen molar-refractivity contribution in [3.63, 3.8) is 0 Å². The van der Waals surface area contributed by atoms with E-state index >= 15 is 0 Å². The van der Waals surface area contributed by atoms with Gasteiger partial charge in [-0.3, -0.25) is 0 Å². The number of anilines is 1. The third kappa shape index (κ3) is 2.81. The van der Waals surface area contributed by atoms with E-state index in [0.29, 0.717) is 37.1 Å². The first-order chi connectivity index (χ1) is 11.7. The van der Waals surface area contributed by atoms with Gasteiger partial charge in [-0.05, 0) is 19.8 Å². The minimum Gasteiger partial charge on any atom is -0.393 e. The highest BCUT2D eigenvalue weighted by molar-refractivity contribution is 6.36.